The molecule has 1 aromatic rings. The molecule has 0 aliphatic heterocycles. The topological polar surface area (TPSA) is 72.9 Å². The van der Waals surface area contributed by atoms with E-state index in [9.17, 15) is 4.79 Å². The molecule has 1 saturated carbocycles. The average molecular weight is 287 g/mol. The second-order valence-electron chi connectivity index (χ2n) is 5.52. The van der Waals surface area contributed by atoms with Gasteiger partial charge in [0.15, 0.2) is 0 Å². The molecule has 1 fully saturated rings. The van der Waals surface area contributed by atoms with Crippen molar-refractivity contribution in [2.24, 2.45) is 18.7 Å². The van der Waals surface area contributed by atoms with Crippen LogP contribution in [0, 0.1) is 19.8 Å². The summed E-state index contributed by atoms with van der Waals surface area (Å²) in [6.45, 7) is 6.27. The summed E-state index contributed by atoms with van der Waals surface area (Å²) in [5, 5.41) is 7.37. The predicted octanol–water partition coefficient (Wildman–Crippen LogP) is 1.32. The van der Waals surface area contributed by atoms with E-state index in [0.717, 1.165) is 24.2 Å². The molecule has 1 amide bonds. The second kappa shape index (κ2) is 5.51. The maximum Gasteiger partial charge on any atom is 0.255 e. The molecule has 1 atom stereocenters. The SMILES string of the molecule is Cc1nn(C)c(C)c1C(=O)NC(C)(CN)C1CC1.Cl. The Morgan fingerprint density at radius 3 is 2.47 bits per heavy atom. The van der Waals surface area contributed by atoms with Gasteiger partial charge in [0.25, 0.3) is 5.91 Å². The molecule has 0 spiro atoms. The van der Waals surface area contributed by atoms with Crippen LogP contribution >= 0.6 is 12.4 Å². The molecule has 1 aliphatic carbocycles. The molecule has 0 radical (unpaired) electrons. The van der Waals surface area contributed by atoms with Gasteiger partial charge in [-0.25, -0.2) is 0 Å². The Kier molecular flexibility index (Phi) is 4.63. The van der Waals surface area contributed by atoms with E-state index >= 15 is 0 Å². The molecule has 108 valence electrons. The van der Waals surface area contributed by atoms with Gasteiger partial charge in [0, 0.05) is 19.3 Å². The second-order valence-corrected chi connectivity index (χ2v) is 5.52. The van der Waals surface area contributed by atoms with Crippen molar-refractivity contribution >= 4 is 18.3 Å². The molecule has 0 bridgehead atoms. The molecule has 1 aliphatic rings. The third-order valence-electron chi connectivity index (χ3n) is 4.04. The predicted molar refractivity (Wildman–Crippen MR) is 77.6 cm³/mol. The van der Waals surface area contributed by atoms with Crippen molar-refractivity contribution < 1.29 is 4.79 Å². The fourth-order valence-electron chi connectivity index (χ4n) is 2.46. The molecule has 19 heavy (non-hydrogen) atoms. The molecule has 1 aromatic heterocycles. The highest BCUT2D eigenvalue weighted by molar-refractivity contribution is 5.96. The number of halogens is 1. The number of nitrogens with zero attached hydrogens (tertiary/aromatic N) is 2. The number of carbonyl (C=O) groups excluding carboxylic acids is 1. The number of hydrogen-bond acceptors (Lipinski definition) is 3. The molecular weight excluding hydrogens is 264 g/mol. The molecule has 1 unspecified atom stereocenters. The Balaban J connectivity index is 0.00000180. The zero-order valence-electron chi connectivity index (χ0n) is 12.0. The summed E-state index contributed by atoms with van der Waals surface area (Å²) in [6.07, 6.45) is 2.30. The number of aryl methyl sites for hydroxylation is 2. The van der Waals surface area contributed by atoms with E-state index in [4.69, 9.17) is 5.73 Å². The third kappa shape index (κ3) is 2.92. The first-order valence-electron chi connectivity index (χ1n) is 6.42. The van der Waals surface area contributed by atoms with Gasteiger partial charge in [0.1, 0.15) is 0 Å². The van der Waals surface area contributed by atoms with Crippen molar-refractivity contribution in [1.29, 1.82) is 0 Å². The smallest absolute Gasteiger partial charge is 0.255 e. The fraction of sp³-hybridized carbons (Fsp3) is 0.692. The lowest BCUT2D eigenvalue weighted by atomic mass is 9.95. The monoisotopic (exact) mass is 286 g/mol. The summed E-state index contributed by atoms with van der Waals surface area (Å²) in [5.41, 5.74) is 7.87. The quantitative estimate of drug-likeness (QED) is 0.877. The van der Waals surface area contributed by atoms with Crippen LogP contribution in [0.5, 0.6) is 0 Å². The largest absolute Gasteiger partial charge is 0.345 e. The number of amides is 1. The Bertz CT molecular complexity index is 481. The molecular formula is C13H23ClN4O. The lowest BCUT2D eigenvalue weighted by molar-refractivity contribution is 0.0896. The molecule has 0 aromatic carbocycles. The van der Waals surface area contributed by atoms with Crippen LogP contribution in [0.4, 0.5) is 0 Å². The first-order chi connectivity index (χ1) is 8.39. The number of rotatable bonds is 4. The number of nitrogens with one attached hydrogen (secondary N) is 1. The highest BCUT2D eigenvalue weighted by Gasteiger charge is 2.42. The number of nitrogens with two attached hydrogens (primary N) is 1. The van der Waals surface area contributed by atoms with E-state index in [2.05, 4.69) is 10.4 Å². The van der Waals surface area contributed by atoms with Crippen molar-refractivity contribution in [2.45, 2.75) is 39.2 Å². The summed E-state index contributed by atoms with van der Waals surface area (Å²) in [6, 6.07) is 0. The molecule has 6 heteroatoms. The number of carbonyl (C=O) groups is 1. The summed E-state index contributed by atoms with van der Waals surface area (Å²) in [7, 11) is 1.85. The van der Waals surface area contributed by atoms with E-state index in [1.807, 2.05) is 27.8 Å². The third-order valence-corrected chi connectivity index (χ3v) is 4.04. The van der Waals surface area contributed by atoms with Gasteiger partial charge in [-0.15, -0.1) is 12.4 Å². The minimum absolute atomic E-state index is 0. The summed E-state index contributed by atoms with van der Waals surface area (Å²) >= 11 is 0. The Hall–Kier alpha value is -1.07. The standard InChI is InChI=1S/C13H22N4O.ClH/c1-8-11(9(2)17(4)16-8)12(18)15-13(3,7-14)10-5-6-10;/h10H,5-7,14H2,1-4H3,(H,15,18);1H. The van der Waals surface area contributed by atoms with Gasteiger partial charge in [0.2, 0.25) is 0 Å². The van der Waals surface area contributed by atoms with E-state index in [-0.39, 0.29) is 23.9 Å². The zero-order chi connectivity index (χ0) is 13.5. The van der Waals surface area contributed by atoms with Gasteiger partial charge < -0.3 is 11.1 Å². The van der Waals surface area contributed by atoms with Crippen molar-refractivity contribution in [2.75, 3.05) is 6.54 Å². The highest BCUT2D eigenvalue weighted by atomic mass is 35.5. The average Bonchev–Trinajstić information content (AvgIpc) is 3.09. The van der Waals surface area contributed by atoms with Gasteiger partial charge >= 0.3 is 0 Å². The van der Waals surface area contributed by atoms with Crippen molar-refractivity contribution in [3.8, 4) is 0 Å². The van der Waals surface area contributed by atoms with Gasteiger partial charge in [-0.1, -0.05) is 0 Å². The van der Waals surface area contributed by atoms with Crippen LogP contribution in [0.1, 0.15) is 41.5 Å². The summed E-state index contributed by atoms with van der Waals surface area (Å²) in [5.74, 6) is 0.460. The highest BCUT2D eigenvalue weighted by Crippen LogP contribution is 2.39. The Morgan fingerprint density at radius 2 is 2.11 bits per heavy atom. The molecule has 1 heterocycles. The molecule has 2 rings (SSSR count). The number of aromatic nitrogens is 2. The van der Waals surface area contributed by atoms with Gasteiger partial charge in [-0.3, -0.25) is 9.48 Å². The number of hydrogen-bond donors (Lipinski definition) is 2. The fourth-order valence-corrected chi connectivity index (χ4v) is 2.46. The van der Waals surface area contributed by atoms with Gasteiger partial charge in [-0.05, 0) is 39.5 Å². The first kappa shape index (κ1) is 16.0. The molecule has 0 saturated heterocycles. The van der Waals surface area contributed by atoms with Gasteiger partial charge in [-0.2, -0.15) is 5.10 Å². The van der Waals surface area contributed by atoms with Crippen LogP contribution in [-0.4, -0.2) is 27.8 Å². The lowest BCUT2D eigenvalue weighted by Gasteiger charge is -2.29. The maximum atomic E-state index is 12.4. The first-order valence-corrected chi connectivity index (χ1v) is 6.42. The van der Waals surface area contributed by atoms with Crippen molar-refractivity contribution in [3.63, 3.8) is 0 Å². The zero-order valence-corrected chi connectivity index (χ0v) is 12.8. The molecule has 5 nitrogen and oxygen atoms in total. The minimum atomic E-state index is -0.286. The van der Waals surface area contributed by atoms with Crippen LogP contribution in [0.2, 0.25) is 0 Å². The van der Waals surface area contributed by atoms with Crippen LogP contribution < -0.4 is 11.1 Å². The van der Waals surface area contributed by atoms with Gasteiger partial charge in [0.05, 0.1) is 16.8 Å². The molecule has 3 N–H and O–H groups in total. The Labute approximate surface area is 120 Å². The van der Waals surface area contributed by atoms with Crippen molar-refractivity contribution in [1.82, 2.24) is 15.1 Å². The van der Waals surface area contributed by atoms with Crippen LogP contribution in [-0.2, 0) is 7.05 Å². The van der Waals surface area contributed by atoms with E-state index in [1.54, 1.807) is 4.68 Å². The summed E-state index contributed by atoms with van der Waals surface area (Å²) < 4.78 is 1.74. The summed E-state index contributed by atoms with van der Waals surface area (Å²) in [4.78, 5) is 12.4. The van der Waals surface area contributed by atoms with Crippen LogP contribution in [0.25, 0.3) is 0 Å². The van der Waals surface area contributed by atoms with Crippen LogP contribution in [0.15, 0.2) is 0 Å². The van der Waals surface area contributed by atoms with E-state index in [1.165, 1.54) is 0 Å². The van der Waals surface area contributed by atoms with Crippen LogP contribution in [0.3, 0.4) is 0 Å². The van der Waals surface area contributed by atoms with E-state index in [0.29, 0.717) is 18.0 Å². The lowest BCUT2D eigenvalue weighted by Crippen LogP contribution is -2.53. The Morgan fingerprint density at radius 1 is 1.53 bits per heavy atom. The van der Waals surface area contributed by atoms with E-state index < -0.39 is 0 Å². The maximum absolute atomic E-state index is 12.4. The van der Waals surface area contributed by atoms with Crippen molar-refractivity contribution in [3.05, 3.63) is 17.0 Å². The normalized spacial score (nSPS) is 17.5. The minimum Gasteiger partial charge on any atom is -0.345 e.